The number of aliphatic carboxylic acids is 1. The highest BCUT2D eigenvalue weighted by molar-refractivity contribution is 6.41. The Labute approximate surface area is 584 Å². The van der Waals surface area contributed by atoms with Crippen molar-refractivity contribution in [3.63, 3.8) is 0 Å². The number of aromatic amines is 1. The molecule has 27 nitrogen and oxygen atoms in total. The summed E-state index contributed by atoms with van der Waals surface area (Å²) in [7, 11) is 0. The molecule has 12 atom stereocenters. The number of carbonyl (C=O) groups excluding carboxylic acids is 13. The first-order valence-corrected chi connectivity index (χ1v) is 34.1. The number of primary amides is 1. The quantitative estimate of drug-likeness (QED) is 0.0405. The van der Waals surface area contributed by atoms with Crippen LogP contribution >= 0.6 is 0 Å². The van der Waals surface area contributed by atoms with Crippen LogP contribution in [-0.2, 0) is 80.0 Å². The zero-order chi connectivity index (χ0) is 74.6. The van der Waals surface area contributed by atoms with Crippen molar-refractivity contribution in [2.45, 2.75) is 233 Å². The van der Waals surface area contributed by atoms with Gasteiger partial charge in [-0.25, -0.2) is 0 Å². The van der Waals surface area contributed by atoms with Gasteiger partial charge in [0.1, 0.15) is 47.3 Å². The zero-order valence-corrected chi connectivity index (χ0v) is 59.3. The van der Waals surface area contributed by atoms with E-state index in [2.05, 4.69) is 76.5 Å². The SMILES string of the molecule is CC(=O)C[C@]1(C)CCCCC#CC#CCCCC[C@@](C)(C(=O)NC(C)C(=O)N[C@@H](C)C(=O)NC(C)C(=O)N[C@@H](C)C(=O)C(=O)[C@H](C)NC[C@H](C)C(N)=O)NC(=O)[C@H](CC(C)C)CCC(=O)[C@H](Cc2c[nH]c3ccccc23)NC(=O)C(Cc2ccc(O)cc2)NC(=O)[C@H](CCC(=O)O)NC1=O. The summed E-state index contributed by atoms with van der Waals surface area (Å²) in [6, 6.07) is 2.60. The number of ketones is 4. The van der Waals surface area contributed by atoms with Crippen LogP contribution in [0.2, 0.25) is 0 Å². The van der Waals surface area contributed by atoms with Crippen LogP contribution in [0.15, 0.2) is 54.7 Å². The smallest absolute Gasteiger partial charge is 0.303 e. The third-order valence-electron chi connectivity index (χ3n) is 17.6. The summed E-state index contributed by atoms with van der Waals surface area (Å²) in [6.07, 6.45) is 2.69. The average molecular weight is 1390 g/mol. The molecule has 3 aromatic rings. The molecule has 0 radical (unpaired) electrons. The Kier molecular flexibility index (Phi) is 32.8. The molecule has 14 N–H and O–H groups in total. The van der Waals surface area contributed by atoms with Crippen LogP contribution in [0, 0.1) is 46.9 Å². The van der Waals surface area contributed by atoms with E-state index in [4.69, 9.17) is 5.73 Å². The number of aromatic hydroxyl groups is 1. The van der Waals surface area contributed by atoms with Gasteiger partial charge >= 0.3 is 5.97 Å². The highest BCUT2D eigenvalue weighted by Gasteiger charge is 2.41. The summed E-state index contributed by atoms with van der Waals surface area (Å²) in [4.78, 5) is 194. The number of benzene rings is 2. The molecule has 1 aromatic heterocycles. The van der Waals surface area contributed by atoms with Gasteiger partial charge in [0.15, 0.2) is 5.78 Å². The Morgan fingerprint density at radius 2 is 1.20 bits per heavy atom. The number of para-hydroxylation sites is 1. The van der Waals surface area contributed by atoms with E-state index in [1.54, 1.807) is 26.1 Å². The standard InChI is InChI=1S/C73H101N11O16/c1-42(2)36-51-28-32-59(87)57(38-52-41-76-55-25-21-20-24-54(52)55)81-69(98)58(37-50-26-29-53(86)30-27-50)82-68(97)56(31-33-60(88)89)83-70(99)72(10,39-44(4)85)34-22-18-16-14-12-13-15-17-19-23-35-73(11,84-67(51)96)71(100)80-49(9)66(95)79-48(8)65(94)78-47(7)64(93)77-46(6)62(91)61(90)45(5)75-40-43(3)63(74)92/h20-21,24-27,29-30,41-43,45-49,51,56-58,75-76,86H,16-19,22-23,28,31-40H2,1-11H3,(H2,74,92)(H,77,93)(H,78,94)(H,79,95)(H,80,100)(H,81,98)(H,82,97)(H,83,99)(H,84,96)(H,88,89)/t43-,45-,46-,47?,48-,49?,51-,56-,57-,58?,72-,73-/m0/s1. The second-order valence-electron chi connectivity index (χ2n) is 27.2. The van der Waals surface area contributed by atoms with E-state index in [0.29, 0.717) is 49.7 Å². The Morgan fingerprint density at radius 1 is 0.650 bits per heavy atom. The number of H-pyrrole nitrogens is 1. The Balaban J connectivity index is 1.67. The number of hydrogen-bond acceptors (Lipinski definition) is 16. The number of rotatable bonds is 26. The number of carbonyl (C=O) groups is 14. The molecule has 0 saturated heterocycles. The van der Waals surface area contributed by atoms with Crippen molar-refractivity contribution in [2.75, 3.05) is 6.54 Å². The summed E-state index contributed by atoms with van der Waals surface area (Å²) < 4.78 is 0. The van der Waals surface area contributed by atoms with Crippen molar-refractivity contribution in [1.29, 1.82) is 0 Å². The molecule has 2 aromatic carbocycles. The van der Waals surface area contributed by atoms with E-state index in [0.717, 1.165) is 10.9 Å². The lowest BCUT2D eigenvalue weighted by Crippen LogP contribution is -2.61. The van der Waals surface area contributed by atoms with Crippen LogP contribution in [0.5, 0.6) is 5.75 Å². The van der Waals surface area contributed by atoms with Gasteiger partial charge in [0, 0.05) is 80.4 Å². The van der Waals surface area contributed by atoms with Crippen LogP contribution < -0.4 is 53.6 Å². The summed E-state index contributed by atoms with van der Waals surface area (Å²) in [5, 5.41) is 44.7. The first kappa shape index (κ1) is 82.7. The summed E-state index contributed by atoms with van der Waals surface area (Å²) >= 11 is 0. The van der Waals surface area contributed by atoms with E-state index in [1.165, 1.54) is 72.7 Å². The molecule has 0 aliphatic carbocycles. The lowest BCUT2D eigenvalue weighted by Gasteiger charge is -2.33. The van der Waals surface area contributed by atoms with Gasteiger partial charge in [0.25, 0.3) is 0 Å². The minimum Gasteiger partial charge on any atom is -0.508 e. The van der Waals surface area contributed by atoms with Crippen molar-refractivity contribution in [2.24, 2.45) is 28.9 Å². The Morgan fingerprint density at radius 3 is 1.78 bits per heavy atom. The van der Waals surface area contributed by atoms with E-state index < -0.39 is 160 Å². The van der Waals surface area contributed by atoms with Crippen LogP contribution in [0.3, 0.4) is 0 Å². The highest BCUT2D eigenvalue weighted by atomic mass is 16.4. The van der Waals surface area contributed by atoms with Crippen molar-refractivity contribution in [3.8, 4) is 29.4 Å². The maximum absolute atomic E-state index is 15.0. The third kappa shape index (κ3) is 26.8. The van der Waals surface area contributed by atoms with Gasteiger partial charge in [-0.2, -0.15) is 0 Å². The third-order valence-corrected chi connectivity index (χ3v) is 17.6. The topological polar surface area (TPSA) is 430 Å². The molecule has 3 unspecified atom stereocenters. The first-order valence-electron chi connectivity index (χ1n) is 34.1. The fourth-order valence-corrected chi connectivity index (χ4v) is 11.4. The molecule has 27 heteroatoms. The molecule has 9 amide bonds. The molecule has 0 spiro atoms. The average Bonchev–Trinajstić information content (AvgIpc) is 1.55. The Hall–Kier alpha value is -9.76. The number of carboxylic acid groups (broad SMARTS) is 1. The maximum atomic E-state index is 15.0. The number of nitrogens with one attached hydrogen (secondary N) is 10. The van der Waals surface area contributed by atoms with Crippen LogP contribution in [0.1, 0.15) is 177 Å². The van der Waals surface area contributed by atoms with Gasteiger partial charge in [-0.1, -0.05) is 76.3 Å². The first-order chi connectivity index (χ1) is 47.0. The molecule has 1 aliphatic heterocycles. The molecule has 0 bridgehead atoms. The molecule has 100 heavy (non-hydrogen) atoms. The van der Waals surface area contributed by atoms with Crippen LogP contribution in [0.25, 0.3) is 10.9 Å². The van der Waals surface area contributed by atoms with E-state index in [1.807, 2.05) is 32.0 Å². The minimum atomic E-state index is -1.71. The number of nitrogens with two attached hydrogens (primary N) is 1. The predicted molar refractivity (Wildman–Crippen MR) is 372 cm³/mol. The van der Waals surface area contributed by atoms with Crippen LogP contribution in [0.4, 0.5) is 0 Å². The molecule has 4 rings (SSSR count). The largest absolute Gasteiger partial charge is 0.508 e. The number of fused-ring (bicyclic) bond motifs is 1. The zero-order valence-electron chi connectivity index (χ0n) is 59.3. The minimum absolute atomic E-state index is 0.0310. The molecular formula is C73H101N11O16. The second kappa shape index (κ2) is 39.7. The van der Waals surface area contributed by atoms with E-state index in [9.17, 15) is 72.5 Å². The second-order valence-corrected chi connectivity index (χ2v) is 27.2. The van der Waals surface area contributed by atoms with Gasteiger partial charge in [-0.15, -0.1) is 0 Å². The highest BCUT2D eigenvalue weighted by Crippen LogP contribution is 2.31. The fourth-order valence-electron chi connectivity index (χ4n) is 11.4. The lowest BCUT2D eigenvalue weighted by molar-refractivity contribution is -0.140. The summed E-state index contributed by atoms with van der Waals surface area (Å²) in [5.74, 6) is -0.905. The molecule has 0 fully saturated rings. The summed E-state index contributed by atoms with van der Waals surface area (Å²) in [6.45, 7) is 16.5. The van der Waals surface area contributed by atoms with Gasteiger partial charge in [-0.05, 0) is 147 Å². The number of aromatic nitrogens is 1. The number of hydrogen-bond donors (Lipinski definition) is 13. The number of phenolic OH excluding ortho intramolecular Hbond substituents is 1. The molecule has 544 valence electrons. The molecule has 1 aliphatic rings. The fraction of sp³-hybridized carbons (Fsp3) is 0.562. The van der Waals surface area contributed by atoms with Crippen LogP contribution in [-0.4, -0.2) is 158 Å². The van der Waals surface area contributed by atoms with Gasteiger partial charge in [0.05, 0.1) is 23.5 Å². The maximum Gasteiger partial charge on any atom is 0.303 e. The lowest BCUT2D eigenvalue weighted by atomic mass is 9.79. The molecular weight excluding hydrogens is 1290 g/mol. The van der Waals surface area contributed by atoms with Crippen molar-refractivity contribution < 1.29 is 77.3 Å². The van der Waals surface area contributed by atoms with Gasteiger partial charge < -0.3 is 68.8 Å². The summed E-state index contributed by atoms with van der Waals surface area (Å²) in [5.41, 5.74) is 4.05. The normalized spacial score (nSPS) is 22.1. The predicted octanol–water partition coefficient (Wildman–Crippen LogP) is 3.25. The number of carboxylic acids is 1. The Bertz CT molecular complexity index is 3580. The monoisotopic (exact) mass is 1390 g/mol. The molecule has 0 saturated carbocycles. The van der Waals surface area contributed by atoms with Crippen molar-refractivity contribution in [3.05, 3.63) is 65.9 Å². The van der Waals surface area contributed by atoms with Crippen molar-refractivity contribution >= 4 is 93.2 Å². The number of Topliss-reactive ketones (excluding diaryl/α,β-unsaturated/α-hetero) is 4. The van der Waals surface area contributed by atoms with Gasteiger partial charge in [-0.3, -0.25) is 67.1 Å². The van der Waals surface area contributed by atoms with E-state index >= 15 is 4.79 Å². The number of phenols is 1. The number of amides is 9. The molecule has 2 heterocycles. The van der Waals surface area contributed by atoms with E-state index in [-0.39, 0.29) is 75.4 Å². The van der Waals surface area contributed by atoms with Gasteiger partial charge in [0.2, 0.25) is 64.7 Å². The van der Waals surface area contributed by atoms with Crippen molar-refractivity contribution in [1.82, 2.24) is 52.8 Å².